The smallest absolute Gasteiger partial charge is 0.224 e. The molecule has 5 nitrogen and oxygen atoms in total. The summed E-state index contributed by atoms with van der Waals surface area (Å²) < 4.78 is 5.22. The summed E-state index contributed by atoms with van der Waals surface area (Å²) in [6, 6.07) is 0.276. The monoisotopic (exact) mass is 307 g/mol. The lowest BCUT2D eigenvalue weighted by Crippen LogP contribution is -2.38. The molecule has 0 aromatic carbocycles. The van der Waals surface area contributed by atoms with Crippen LogP contribution in [-0.4, -0.2) is 35.1 Å². The van der Waals surface area contributed by atoms with Crippen molar-refractivity contribution in [1.82, 2.24) is 15.4 Å². The molecule has 0 radical (unpaired) electrons. The number of hydrogen-bond acceptors (Lipinski definition) is 4. The molecule has 2 heterocycles. The normalized spacial score (nSPS) is 18.8. The van der Waals surface area contributed by atoms with Gasteiger partial charge in [-0.1, -0.05) is 18.0 Å². The molecule has 2 rings (SSSR count). The maximum absolute atomic E-state index is 12.4. The highest BCUT2D eigenvalue weighted by molar-refractivity contribution is 5.76. The van der Waals surface area contributed by atoms with Crippen molar-refractivity contribution < 1.29 is 9.32 Å². The van der Waals surface area contributed by atoms with Crippen molar-refractivity contribution in [1.29, 1.82) is 0 Å². The van der Waals surface area contributed by atoms with Crippen LogP contribution in [0.25, 0.3) is 0 Å². The van der Waals surface area contributed by atoms with Crippen LogP contribution in [0.15, 0.2) is 4.52 Å². The third-order valence-corrected chi connectivity index (χ3v) is 4.50. The second kappa shape index (κ2) is 7.77. The quantitative estimate of drug-likeness (QED) is 0.908. The van der Waals surface area contributed by atoms with Gasteiger partial charge in [-0.3, -0.25) is 4.79 Å². The van der Waals surface area contributed by atoms with Gasteiger partial charge in [-0.15, -0.1) is 0 Å². The molecule has 1 amide bonds. The molecule has 124 valence electrons. The highest BCUT2D eigenvalue weighted by Gasteiger charge is 2.21. The minimum absolute atomic E-state index is 0.137. The number of carbonyl (C=O) groups is 1. The topological polar surface area (TPSA) is 58.4 Å². The van der Waals surface area contributed by atoms with E-state index < -0.39 is 0 Å². The predicted octanol–water partition coefficient (Wildman–Crippen LogP) is 3.12. The van der Waals surface area contributed by atoms with Crippen molar-refractivity contribution in [2.24, 2.45) is 0 Å². The first kappa shape index (κ1) is 17.0. The van der Waals surface area contributed by atoms with E-state index in [4.69, 9.17) is 4.52 Å². The van der Waals surface area contributed by atoms with Gasteiger partial charge >= 0.3 is 0 Å². The molecule has 5 heteroatoms. The number of likely N-dealkylation sites (tertiary alicyclic amines) is 1. The van der Waals surface area contributed by atoms with E-state index in [1.165, 1.54) is 12.8 Å². The standard InChI is InChI=1S/C17H29N3O2/c1-12(11-16(21)20-9-7-5-6-8-10-20)18-13(2)17-14(3)19-22-15(17)4/h12-13,18H,5-11H2,1-4H3/t12-,13+/m1/s1. The van der Waals surface area contributed by atoms with E-state index in [0.717, 1.165) is 42.9 Å². The van der Waals surface area contributed by atoms with Crippen molar-refractivity contribution in [3.05, 3.63) is 17.0 Å². The average Bonchev–Trinajstić information content (AvgIpc) is 2.68. The van der Waals surface area contributed by atoms with Crippen LogP contribution in [0.3, 0.4) is 0 Å². The molecule has 0 spiro atoms. The molecule has 1 aliphatic heterocycles. The van der Waals surface area contributed by atoms with Gasteiger partial charge in [0, 0.05) is 37.2 Å². The van der Waals surface area contributed by atoms with Crippen molar-refractivity contribution in [2.45, 2.75) is 71.9 Å². The summed E-state index contributed by atoms with van der Waals surface area (Å²) in [6.45, 7) is 9.90. The van der Waals surface area contributed by atoms with Crippen LogP contribution < -0.4 is 5.32 Å². The van der Waals surface area contributed by atoms with Crippen molar-refractivity contribution in [3.8, 4) is 0 Å². The summed E-state index contributed by atoms with van der Waals surface area (Å²) in [4.78, 5) is 14.5. The summed E-state index contributed by atoms with van der Waals surface area (Å²) in [7, 11) is 0. The molecular weight excluding hydrogens is 278 g/mol. The predicted molar refractivity (Wildman–Crippen MR) is 86.7 cm³/mol. The number of nitrogens with zero attached hydrogens (tertiary/aromatic N) is 2. The SMILES string of the molecule is Cc1noc(C)c1[C@H](C)N[C@H](C)CC(=O)N1CCCCCC1. The van der Waals surface area contributed by atoms with Crippen LogP contribution in [0.4, 0.5) is 0 Å². The molecule has 1 aromatic heterocycles. The van der Waals surface area contributed by atoms with Crippen molar-refractivity contribution in [2.75, 3.05) is 13.1 Å². The van der Waals surface area contributed by atoms with Crippen molar-refractivity contribution in [3.63, 3.8) is 0 Å². The number of carbonyl (C=O) groups excluding carboxylic acids is 1. The van der Waals surface area contributed by atoms with Gasteiger partial charge < -0.3 is 14.7 Å². The summed E-state index contributed by atoms with van der Waals surface area (Å²) in [5, 5.41) is 7.50. The zero-order chi connectivity index (χ0) is 16.1. The Morgan fingerprint density at radius 1 is 1.23 bits per heavy atom. The Morgan fingerprint density at radius 3 is 2.41 bits per heavy atom. The van der Waals surface area contributed by atoms with Gasteiger partial charge in [-0.05, 0) is 40.5 Å². The minimum atomic E-state index is 0.137. The Hall–Kier alpha value is -1.36. The molecule has 1 fully saturated rings. The molecule has 0 unspecified atom stereocenters. The molecule has 0 aliphatic carbocycles. The molecule has 22 heavy (non-hydrogen) atoms. The zero-order valence-electron chi connectivity index (χ0n) is 14.3. The van der Waals surface area contributed by atoms with E-state index in [-0.39, 0.29) is 18.0 Å². The van der Waals surface area contributed by atoms with E-state index in [1.54, 1.807) is 0 Å². The zero-order valence-corrected chi connectivity index (χ0v) is 14.3. The van der Waals surface area contributed by atoms with E-state index in [9.17, 15) is 4.79 Å². The van der Waals surface area contributed by atoms with Crippen LogP contribution in [0.5, 0.6) is 0 Å². The van der Waals surface area contributed by atoms with Gasteiger partial charge in [0.05, 0.1) is 5.69 Å². The fraction of sp³-hybridized carbons (Fsp3) is 0.765. The number of rotatable bonds is 5. The van der Waals surface area contributed by atoms with Crippen LogP contribution in [0, 0.1) is 13.8 Å². The van der Waals surface area contributed by atoms with Gasteiger partial charge in [0.25, 0.3) is 0 Å². The molecule has 2 atom stereocenters. The first-order chi connectivity index (χ1) is 10.5. The Balaban J connectivity index is 1.86. The lowest BCUT2D eigenvalue weighted by Gasteiger charge is -2.24. The fourth-order valence-corrected chi connectivity index (χ4v) is 3.39. The lowest BCUT2D eigenvalue weighted by atomic mass is 10.1. The number of nitrogens with one attached hydrogen (secondary N) is 1. The van der Waals surface area contributed by atoms with Gasteiger partial charge in [0.1, 0.15) is 5.76 Å². The molecule has 1 aromatic rings. The first-order valence-corrected chi connectivity index (χ1v) is 8.45. The minimum Gasteiger partial charge on any atom is -0.361 e. The number of amides is 1. The van der Waals surface area contributed by atoms with Crippen LogP contribution >= 0.6 is 0 Å². The van der Waals surface area contributed by atoms with Gasteiger partial charge in [-0.2, -0.15) is 0 Å². The third-order valence-electron chi connectivity index (χ3n) is 4.50. The first-order valence-electron chi connectivity index (χ1n) is 8.45. The second-order valence-corrected chi connectivity index (χ2v) is 6.53. The maximum Gasteiger partial charge on any atom is 0.224 e. The second-order valence-electron chi connectivity index (χ2n) is 6.53. The number of aromatic nitrogens is 1. The number of aryl methyl sites for hydroxylation is 2. The Bertz CT molecular complexity index is 471. The average molecular weight is 307 g/mol. The molecule has 1 saturated heterocycles. The molecule has 1 aliphatic rings. The van der Waals surface area contributed by atoms with E-state index in [2.05, 4.69) is 24.3 Å². The van der Waals surface area contributed by atoms with Crippen LogP contribution in [0.2, 0.25) is 0 Å². The van der Waals surface area contributed by atoms with E-state index in [0.29, 0.717) is 6.42 Å². The van der Waals surface area contributed by atoms with Gasteiger partial charge in [0.15, 0.2) is 0 Å². The van der Waals surface area contributed by atoms with Crippen LogP contribution in [-0.2, 0) is 4.79 Å². The molecule has 1 N–H and O–H groups in total. The Kier molecular flexibility index (Phi) is 6.00. The van der Waals surface area contributed by atoms with Crippen molar-refractivity contribution >= 4 is 5.91 Å². The lowest BCUT2D eigenvalue weighted by molar-refractivity contribution is -0.131. The number of hydrogen-bond donors (Lipinski definition) is 1. The Labute approximate surface area is 133 Å². The summed E-state index contributed by atoms with van der Waals surface area (Å²) >= 11 is 0. The van der Waals surface area contributed by atoms with Gasteiger partial charge in [-0.25, -0.2) is 0 Å². The van der Waals surface area contributed by atoms with E-state index >= 15 is 0 Å². The third kappa shape index (κ3) is 4.32. The largest absolute Gasteiger partial charge is 0.361 e. The van der Waals surface area contributed by atoms with Crippen LogP contribution in [0.1, 0.15) is 69.0 Å². The Morgan fingerprint density at radius 2 is 1.86 bits per heavy atom. The fourth-order valence-electron chi connectivity index (χ4n) is 3.39. The summed E-state index contributed by atoms with van der Waals surface area (Å²) in [5.74, 6) is 1.12. The van der Waals surface area contributed by atoms with Gasteiger partial charge in [0.2, 0.25) is 5.91 Å². The maximum atomic E-state index is 12.4. The highest BCUT2D eigenvalue weighted by Crippen LogP contribution is 2.21. The summed E-state index contributed by atoms with van der Waals surface area (Å²) in [5.41, 5.74) is 2.03. The summed E-state index contributed by atoms with van der Waals surface area (Å²) in [6.07, 6.45) is 5.33. The molecule has 0 saturated carbocycles. The molecular formula is C17H29N3O2. The molecule has 0 bridgehead atoms. The van der Waals surface area contributed by atoms with E-state index in [1.807, 2.05) is 18.7 Å². The highest BCUT2D eigenvalue weighted by atomic mass is 16.5.